The van der Waals surface area contributed by atoms with E-state index in [1.165, 1.54) is 5.39 Å². The summed E-state index contributed by atoms with van der Waals surface area (Å²) < 4.78 is 6.18. The monoisotopic (exact) mass is 379 g/mol. The Hall–Kier alpha value is -2.59. The van der Waals surface area contributed by atoms with E-state index in [-0.39, 0.29) is 5.63 Å². The number of rotatable bonds is 3. The number of nitrogens with one attached hydrogen (secondary N) is 1. The van der Waals surface area contributed by atoms with Gasteiger partial charge in [0, 0.05) is 33.5 Å². The van der Waals surface area contributed by atoms with Crippen molar-refractivity contribution >= 4 is 43.4 Å². The van der Waals surface area contributed by atoms with Crippen LogP contribution in [0.3, 0.4) is 0 Å². The average molecular weight is 380 g/mol. The number of anilines is 1. The van der Waals surface area contributed by atoms with E-state index in [0.717, 1.165) is 26.5 Å². The third-order valence-corrected chi connectivity index (χ3v) is 4.54. The molecule has 0 amide bonds. The molecule has 0 saturated carbocycles. The summed E-state index contributed by atoms with van der Waals surface area (Å²) in [5, 5.41) is 6.73. The van der Waals surface area contributed by atoms with Crippen molar-refractivity contribution in [3.8, 4) is 0 Å². The van der Waals surface area contributed by atoms with Gasteiger partial charge in [0.2, 0.25) is 0 Å². The van der Waals surface area contributed by atoms with E-state index in [1.54, 1.807) is 6.07 Å². The summed E-state index contributed by atoms with van der Waals surface area (Å²) in [6.45, 7) is 0.553. The summed E-state index contributed by atoms with van der Waals surface area (Å²) in [6.07, 6.45) is 0. The van der Waals surface area contributed by atoms with Gasteiger partial charge in [-0.25, -0.2) is 4.79 Å². The fourth-order valence-electron chi connectivity index (χ4n) is 2.92. The lowest BCUT2D eigenvalue weighted by Crippen LogP contribution is -2.06. The van der Waals surface area contributed by atoms with Crippen LogP contribution in [0.2, 0.25) is 0 Å². The van der Waals surface area contributed by atoms with Crippen LogP contribution in [0, 0.1) is 0 Å². The van der Waals surface area contributed by atoms with Crippen molar-refractivity contribution in [2.24, 2.45) is 0 Å². The first kappa shape index (κ1) is 15.0. The van der Waals surface area contributed by atoms with Crippen molar-refractivity contribution in [2.75, 3.05) is 5.32 Å². The average Bonchev–Trinajstić information content (AvgIpc) is 2.59. The molecule has 0 bridgehead atoms. The number of hydrogen-bond donors (Lipinski definition) is 1. The lowest BCUT2D eigenvalue weighted by Gasteiger charge is -2.11. The fourth-order valence-corrected chi connectivity index (χ4v) is 3.26. The van der Waals surface area contributed by atoms with Gasteiger partial charge in [-0.1, -0.05) is 52.3 Å². The highest BCUT2D eigenvalue weighted by molar-refractivity contribution is 9.10. The highest BCUT2D eigenvalue weighted by Gasteiger charge is 2.07. The molecule has 3 nitrogen and oxygen atoms in total. The summed E-state index contributed by atoms with van der Waals surface area (Å²) >= 11 is 3.41. The highest BCUT2D eigenvalue weighted by Crippen LogP contribution is 2.25. The molecule has 3 aromatic carbocycles. The van der Waals surface area contributed by atoms with Gasteiger partial charge in [0.05, 0.1) is 0 Å². The van der Waals surface area contributed by atoms with Crippen LogP contribution in [-0.4, -0.2) is 0 Å². The topological polar surface area (TPSA) is 42.2 Å². The normalized spacial score (nSPS) is 11.0. The zero-order valence-electron chi connectivity index (χ0n) is 12.8. The van der Waals surface area contributed by atoms with Crippen LogP contribution in [-0.2, 0) is 6.54 Å². The summed E-state index contributed by atoms with van der Waals surface area (Å²) in [6, 6.07) is 21.7. The molecule has 24 heavy (non-hydrogen) atoms. The lowest BCUT2D eigenvalue weighted by molar-refractivity contribution is 0.559. The highest BCUT2D eigenvalue weighted by atomic mass is 79.9. The zero-order chi connectivity index (χ0) is 16.5. The Labute approximate surface area is 147 Å². The Morgan fingerprint density at radius 2 is 1.75 bits per heavy atom. The molecular weight excluding hydrogens is 366 g/mol. The van der Waals surface area contributed by atoms with Crippen molar-refractivity contribution in [1.82, 2.24) is 0 Å². The molecule has 0 aliphatic carbocycles. The van der Waals surface area contributed by atoms with Crippen LogP contribution in [0.5, 0.6) is 0 Å². The number of fused-ring (bicyclic) bond motifs is 2. The standard InChI is InChI=1S/C20H14BrNO2/c21-15-8-9-17-14(10-20(23)24-19(17)11-15)12-22-18-7-3-5-13-4-1-2-6-16(13)18/h1-11,22H,12H2. The first-order chi connectivity index (χ1) is 11.7. The maximum Gasteiger partial charge on any atom is 0.336 e. The smallest absolute Gasteiger partial charge is 0.336 e. The maximum atomic E-state index is 11.8. The van der Waals surface area contributed by atoms with Crippen LogP contribution < -0.4 is 10.9 Å². The second kappa shape index (κ2) is 6.13. The van der Waals surface area contributed by atoms with E-state index in [0.29, 0.717) is 12.1 Å². The number of halogens is 1. The van der Waals surface area contributed by atoms with Crippen molar-refractivity contribution in [3.63, 3.8) is 0 Å². The summed E-state index contributed by atoms with van der Waals surface area (Å²) in [4.78, 5) is 11.8. The Balaban J connectivity index is 1.73. The fraction of sp³-hybridized carbons (Fsp3) is 0.0500. The summed E-state index contributed by atoms with van der Waals surface area (Å²) in [5.41, 5.74) is 2.22. The minimum Gasteiger partial charge on any atom is -0.423 e. The van der Waals surface area contributed by atoms with E-state index < -0.39 is 0 Å². The molecule has 4 rings (SSSR count). The SMILES string of the molecule is O=c1cc(CNc2cccc3ccccc23)c2ccc(Br)cc2o1. The molecule has 0 atom stereocenters. The molecule has 1 aromatic heterocycles. The molecule has 0 aliphatic rings. The third kappa shape index (κ3) is 2.81. The van der Waals surface area contributed by atoms with Crippen LogP contribution in [0.25, 0.3) is 21.7 Å². The summed E-state index contributed by atoms with van der Waals surface area (Å²) in [5.74, 6) is 0. The van der Waals surface area contributed by atoms with Gasteiger partial charge in [0.1, 0.15) is 5.58 Å². The minimum atomic E-state index is -0.338. The lowest BCUT2D eigenvalue weighted by atomic mass is 10.1. The van der Waals surface area contributed by atoms with E-state index >= 15 is 0 Å². The van der Waals surface area contributed by atoms with Crippen LogP contribution in [0.4, 0.5) is 5.69 Å². The van der Waals surface area contributed by atoms with Gasteiger partial charge >= 0.3 is 5.63 Å². The number of hydrogen-bond acceptors (Lipinski definition) is 3. The molecule has 1 N–H and O–H groups in total. The zero-order valence-corrected chi connectivity index (χ0v) is 14.3. The largest absolute Gasteiger partial charge is 0.423 e. The van der Waals surface area contributed by atoms with Gasteiger partial charge in [0.15, 0.2) is 0 Å². The van der Waals surface area contributed by atoms with Gasteiger partial charge in [0.25, 0.3) is 0 Å². The van der Waals surface area contributed by atoms with Crippen molar-refractivity contribution < 1.29 is 4.42 Å². The molecule has 0 fully saturated rings. The Bertz CT molecular complexity index is 1100. The van der Waals surface area contributed by atoms with Crippen LogP contribution in [0.1, 0.15) is 5.56 Å². The Morgan fingerprint density at radius 1 is 0.917 bits per heavy atom. The molecule has 1 heterocycles. The molecule has 0 aliphatic heterocycles. The molecular formula is C20H14BrNO2. The van der Waals surface area contributed by atoms with Crippen molar-refractivity contribution in [1.29, 1.82) is 0 Å². The van der Waals surface area contributed by atoms with Gasteiger partial charge in [-0.2, -0.15) is 0 Å². The molecule has 0 unspecified atom stereocenters. The van der Waals surface area contributed by atoms with Crippen molar-refractivity contribution in [3.05, 3.63) is 87.2 Å². The Morgan fingerprint density at radius 3 is 2.67 bits per heavy atom. The van der Waals surface area contributed by atoms with Gasteiger partial charge in [-0.05, 0) is 35.2 Å². The third-order valence-electron chi connectivity index (χ3n) is 4.05. The minimum absolute atomic E-state index is 0.338. The predicted molar refractivity (Wildman–Crippen MR) is 101 cm³/mol. The van der Waals surface area contributed by atoms with Crippen LogP contribution >= 0.6 is 15.9 Å². The molecule has 0 radical (unpaired) electrons. The molecule has 0 spiro atoms. The Kier molecular flexibility index (Phi) is 3.82. The van der Waals surface area contributed by atoms with Crippen molar-refractivity contribution in [2.45, 2.75) is 6.54 Å². The second-order valence-corrected chi connectivity index (χ2v) is 6.53. The van der Waals surface area contributed by atoms with Gasteiger partial charge < -0.3 is 9.73 Å². The summed E-state index contributed by atoms with van der Waals surface area (Å²) in [7, 11) is 0. The molecule has 0 saturated heterocycles. The van der Waals surface area contributed by atoms with E-state index in [9.17, 15) is 4.79 Å². The van der Waals surface area contributed by atoms with Crippen LogP contribution in [0.15, 0.2) is 80.4 Å². The maximum absolute atomic E-state index is 11.8. The van der Waals surface area contributed by atoms with E-state index in [4.69, 9.17) is 4.42 Å². The number of benzene rings is 3. The molecule has 4 heteroatoms. The van der Waals surface area contributed by atoms with E-state index in [2.05, 4.69) is 39.4 Å². The first-order valence-electron chi connectivity index (χ1n) is 7.65. The predicted octanol–water partition coefficient (Wildman–Crippen LogP) is 5.32. The second-order valence-electron chi connectivity index (χ2n) is 5.61. The quantitative estimate of drug-likeness (QED) is 0.489. The van der Waals surface area contributed by atoms with E-state index in [1.807, 2.05) is 42.5 Å². The first-order valence-corrected chi connectivity index (χ1v) is 8.44. The van der Waals surface area contributed by atoms with Gasteiger partial charge in [-0.15, -0.1) is 0 Å². The molecule has 118 valence electrons. The van der Waals surface area contributed by atoms with Gasteiger partial charge in [-0.3, -0.25) is 0 Å². The molecule has 4 aromatic rings.